The summed E-state index contributed by atoms with van der Waals surface area (Å²) in [6.07, 6.45) is 1.29. The molecule has 0 atom stereocenters. The summed E-state index contributed by atoms with van der Waals surface area (Å²) in [7, 11) is 0. The van der Waals surface area contributed by atoms with Gasteiger partial charge in [0.05, 0.1) is 0 Å². The van der Waals surface area contributed by atoms with Crippen molar-refractivity contribution >= 4 is 12.1 Å². The molecule has 1 spiro atoms. The number of nitrogens with two attached hydrogens (primary N) is 1. The van der Waals surface area contributed by atoms with Crippen molar-refractivity contribution in [3.8, 4) is 0 Å². The van der Waals surface area contributed by atoms with Gasteiger partial charge >= 0.3 is 6.09 Å². The van der Waals surface area contributed by atoms with Gasteiger partial charge in [0.2, 0.25) is 0 Å². The maximum Gasteiger partial charge on any atom is 0.410 e. The van der Waals surface area contributed by atoms with Crippen LogP contribution in [-0.4, -0.2) is 47.9 Å². The number of likely N-dealkylation sites (tertiary alicyclic amines) is 1. The summed E-state index contributed by atoms with van der Waals surface area (Å²) in [5, 5.41) is 0. The van der Waals surface area contributed by atoms with Crippen LogP contribution in [0.2, 0.25) is 0 Å². The van der Waals surface area contributed by atoms with Crippen molar-refractivity contribution in [2.45, 2.75) is 44.8 Å². The van der Waals surface area contributed by atoms with Crippen LogP contribution in [0.25, 0.3) is 0 Å². The maximum atomic E-state index is 11.9. The van der Waals surface area contributed by atoms with E-state index in [9.17, 15) is 4.79 Å². The molecule has 6 nitrogen and oxygen atoms in total. The predicted octanol–water partition coefficient (Wildman–Crippen LogP) is 1.10. The van der Waals surface area contributed by atoms with E-state index in [2.05, 4.69) is 4.99 Å². The molecule has 0 aromatic rings. The molecule has 0 aromatic carbocycles. The Kier molecular flexibility index (Phi) is 3.12. The highest BCUT2D eigenvalue weighted by Gasteiger charge is 2.41. The Morgan fingerprint density at radius 1 is 1.44 bits per heavy atom. The molecular weight excluding hydrogens is 234 g/mol. The molecule has 1 fully saturated rings. The Morgan fingerprint density at radius 3 is 2.50 bits per heavy atom. The molecule has 2 rings (SSSR count). The smallest absolute Gasteiger partial charge is 0.410 e. The lowest BCUT2D eigenvalue weighted by Gasteiger charge is -2.36. The lowest BCUT2D eigenvalue weighted by molar-refractivity contribution is 0.0157. The molecule has 18 heavy (non-hydrogen) atoms. The van der Waals surface area contributed by atoms with Gasteiger partial charge in [0, 0.05) is 13.1 Å². The SMILES string of the molecule is CC(C)(C)OC(=O)N1CCC2(CC1)COC(N)=N2. The molecule has 0 aliphatic carbocycles. The van der Waals surface area contributed by atoms with E-state index >= 15 is 0 Å². The number of amidine groups is 1. The Morgan fingerprint density at radius 2 is 2.06 bits per heavy atom. The molecule has 0 radical (unpaired) electrons. The normalized spacial score (nSPS) is 22.6. The van der Waals surface area contributed by atoms with Crippen molar-refractivity contribution in [1.82, 2.24) is 4.90 Å². The van der Waals surface area contributed by atoms with Gasteiger partial charge in [0.1, 0.15) is 17.7 Å². The number of rotatable bonds is 0. The van der Waals surface area contributed by atoms with Crippen LogP contribution in [0.4, 0.5) is 4.79 Å². The van der Waals surface area contributed by atoms with Gasteiger partial charge in [0.15, 0.2) is 0 Å². The molecule has 2 heterocycles. The molecule has 0 bridgehead atoms. The van der Waals surface area contributed by atoms with Crippen LogP contribution in [0.5, 0.6) is 0 Å². The van der Waals surface area contributed by atoms with Crippen LogP contribution in [0.3, 0.4) is 0 Å². The van der Waals surface area contributed by atoms with Gasteiger partial charge in [-0.05, 0) is 33.6 Å². The second-order valence-electron chi connectivity index (χ2n) is 5.93. The zero-order valence-corrected chi connectivity index (χ0v) is 11.2. The summed E-state index contributed by atoms with van der Waals surface area (Å²) >= 11 is 0. The summed E-state index contributed by atoms with van der Waals surface area (Å²) in [6.45, 7) is 7.40. The van der Waals surface area contributed by atoms with E-state index in [-0.39, 0.29) is 17.7 Å². The number of aliphatic imine (C=N–C) groups is 1. The fraction of sp³-hybridized carbons (Fsp3) is 0.833. The number of nitrogens with zero attached hydrogens (tertiary/aromatic N) is 2. The monoisotopic (exact) mass is 255 g/mol. The first kappa shape index (κ1) is 13.0. The van der Waals surface area contributed by atoms with Crippen LogP contribution >= 0.6 is 0 Å². The van der Waals surface area contributed by atoms with Crippen molar-refractivity contribution in [1.29, 1.82) is 0 Å². The zero-order chi connectivity index (χ0) is 13.4. The van der Waals surface area contributed by atoms with Gasteiger partial charge in [-0.3, -0.25) is 0 Å². The summed E-state index contributed by atoms with van der Waals surface area (Å²) in [4.78, 5) is 18.0. The topological polar surface area (TPSA) is 77.1 Å². The number of hydrogen-bond donors (Lipinski definition) is 1. The van der Waals surface area contributed by atoms with Gasteiger partial charge in [-0.15, -0.1) is 0 Å². The highest BCUT2D eigenvalue weighted by atomic mass is 16.6. The van der Waals surface area contributed by atoms with Gasteiger partial charge in [0.25, 0.3) is 6.02 Å². The van der Waals surface area contributed by atoms with E-state index in [1.165, 1.54) is 0 Å². The van der Waals surface area contributed by atoms with E-state index in [0.717, 1.165) is 12.8 Å². The van der Waals surface area contributed by atoms with Crippen molar-refractivity contribution in [2.75, 3.05) is 19.7 Å². The third-order valence-electron chi connectivity index (χ3n) is 3.18. The van der Waals surface area contributed by atoms with E-state index in [1.807, 2.05) is 20.8 Å². The zero-order valence-electron chi connectivity index (χ0n) is 11.2. The minimum atomic E-state index is -0.453. The number of piperidine rings is 1. The van der Waals surface area contributed by atoms with E-state index < -0.39 is 5.60 Å². The summed E-state index contributed by atoms with van der Waals surface area (Å²) in [6, 6.07) is 0.265. The summed E-state index contributed by atoms with van der Waals surface area (Å²) in [5.41, 5.74) is 4.87. The number of carbonyl (C=O) groups excluding carboxylic acids is 1. The standard InChI is InChI=1S/C12H21N3O3/c1-11(2,3)18-10(16)15-6-4-12(5-7-15)8-17-9(13)14-12/h4-8H2,1-3H3,(H2,13,14). The van der Waals surface area contributed by atoms with Gasteiger partial charge in [-0.25, -0.2) is 9.79 Å². The van der Waals surface area contributed by atoms with Crippen LogP contribution in [0.1, 0.15) is 33.6 Å². The van der Waals surface area contributed by atoms with Crippen molar-refractivity contribution < 1.29 is 14.3 Å². The van der Waals surface area contributed by atoms with Crippen LogP contribution in [0, 0.1) is 0 Å². The summed E-state index contributed by atoms with van der Waals surface area (Å²) in [5.74, 6) is 0. The first-order valence-electron chi connectivity index (χ1n) is 6.26. The van der Waals surface area contributed by atoms with Crippen molar-refractivity contribution in [3.05, 3.63) is 0 Å². The van der Waals surface area contributed by atoms with Crippen molar-refractivity contribution in [2.24, 2.45) is 10.7 Å². The van der Waals surface area contributed by atoms with Gasteiger partial charge in [-0.1, -0.05) is 0 Å². The van der Waals surface area contributed by atoms with Crippen LogP contribution in [0.15, 0.2) is 4.99 Å². The van der Waals surface area contributed by atoms with Gasteiger partial charge < -0.3 is 20.1 Å². The van der Waals surface area contributed by atoms with E-state index in [1.54, 1.807) is 4.90 Å². The molecule has 1 saturated heterocycles. The fourth-order valence-corrected chi connectivity index (χ4v) is 2.19. The molecule has 0 saturated carbocycles. The second kappa shape index (κ2) is 4.33. The molecule has 2 aliphatic heterocycles. The largest absolute Gasteiger partial charge is 0.463 e. The number of carbonyl (C=O) groups is 1. The summed E-state index contributed by atoms with van der Waals surface area (Å²) < 4.78 is 10.6. The predicted molar refractivity (Wildman–Crippen MR) is 67.3 cm³/mol. The minimum Gasteiger partial charge on any atom is -0.463 e. The maximum absolute atomic E-state index is 11.9. The Hall–Kier alpha value is -1.46. The van der Waals surface area contributed by atoms with Gasteiger partial charge in [-0.2, -0.15) is 0 Å². The highest BCUT2D eigenvalue weighted by Crippen LogP contribution is 2.30. The molecule has 6 heteroatoms. The van der Waals surface area contributed by atoms with E-state index in [0.29, 0.717) is 19.7 Å². The number of amides is 1. The van der Waals surface area contributed by atoms with Crippen LogP contribution < -0.4 is 5.73 Å². The quantitative estimate of drug-likeness (QED) is 0.703. The third-order valence-corrected chi connectivity index (χ3v) is 3.18. The second-order valence-corrected chi connectivity index (χ2v) is 5.93. The molecule has 2 N–H and O–H groups in total. The average Bonchev–Trinajstić information content (AvgIpc) is 2.58. The Labute approximate surface area is 107 Å². The lowest BCUT2D eigenvalue weighted by atomic mass is 9.90. The van der Waals surface area contributed by atoms with Crippen molar-refractivity contribution in [3.63, 3.8) is 0 Å². The Bertz CT molecular complexity index is 365. The van der Waals surface area contributed by atoms with Crippen LogP contribution in [-0.2, 0) is 9.47 Å². The number of ether oxygens (including phenoxy) is 2. The first-order chi connectivity index (χ1) is 8.30. The minimum absolute atomic E-state index is 0.220. The molecular formula is C12H21N3O3. The fourth-order valence-electron chi connectivity index (χ4n) is 2.19. The van der Waals surface area contributed by atoms with E-state index in [4.69, 9.17) is 15.2 Å². The first-order valence-corrected chi connectivity index (χ1v) is 6.26. The lowest BCUT2D eigenvalue weighted by Crippen LogP contribution is -2.48. The molecule has 2 aliphatic rings. The molecule has 1 amide bonds. The number of hydrogen-bond acceptors (Lipinski definition) is 5. The Balaban J connectivity index is 1.89. The average molecular weight is 255 g/mol. The molecule has 0 unspecified atom stereocenters. The highest BCUT2D eigenvalue weighted by molar-refractivity contribution is 5.74. The molecule has 102 valence electrons. The third kappa shape index (κ3) is 2.86. The molecule has 0 aromatic heterocycles.